The van der Waals surface area contributed by atoms with Gasteiger partial charge in [-0.3, -0.25) is 4.79 Å². The standard InChI is InChI=1S/C16H22ClNO2S/c17-13-5-7-14(8-6-13)21-11-3-4-15(19)18-12-16(20)9-1-2-10-16/h5-8,20H,1-4,9-12H2,(H,18,19). The molecule has 0 atom stereocenters. The zero-order chi connectivity index (χ0) is 15.1. The minimum atomic E-state index is -0.659. The minimum absolute atomic E-state index is 0.0343. The summed E-state index contributed by atoms with van der Waals surface area (Å²) in [7, 11) is 0. The van der Waals surface area contributed by atoms with Gasteiger partial charge >= 0.3 is 0 Å². The summed E-state index contributed by atoms with van der Waals surface area (Å²) < 4.78 is 0. The second kappa shape index (κ2) is 8.06. The molecule has 0 saturated heterocycles. The molecule has 0 bridgehead atoms. The zero-order valence-corrected chi connectivity index (χ0v) is 13.7. The molecule has 1 aliphatic rings. The van der Waals surface area contributed by atoms with Gasteiger partial charge in [0.1, 0.15) is 0 Å². The van der Waals surface area contributed by atoms with Crippen molar-refractivity contribution < 1.29 is 9.90 Å². The molecule has 1 aliphatic carbocycles. The average Bonchev–Trinajstić information content (AvgIpc) is 2.91. The fourth-order valence-electron chi connectivity index (χ4n) is 2.51. The van der Waals surface area contributed by atoms with Crippen molar-refractivity contribution in [1.82, 2.24) is 5.32 Å². The highest BCUT2D eigenvalue weighted by atomic mass is 35.5. The molecular formula is C16H22ClNO2S. The third-order valence-corrected chi connectivity index (χ3v) is 5.13. The Balaban J connectivity index is 1.57. The van der Waals surface area contributed by atoms with Gasteiger partial charge in [-0.05, 0) is 49.3 Å². The van der Waals surface area contributed by atoms with E-state index in [9.17, 15) is 9.90 Å². The lowest BCUT2D eigenvalue weighted by molar-refractivity contribution is -0.122. The molecule has 0 heterocycles. The van der Waals surface area contributed by atoms with Gasteiger partial charge in [0, 0.05) is 22.9 Å². The van der Waals surface area contributed by atoms with Crippen LogP contribution >= 0.6 is 23.4 Å². The lowest BCUT2D eigenvalue weighted by Crippen LogP contribution is -2.40. The van der Waals surface area contributed by atoms with Gasteiger partial charge in [0.2, 0.25) is 5.91 Å². The van der Waals surface area contributed by atoms with Gasteiger partial charge in [0.05, 0.1) is 5.60 Å². The van der Waals surface area contributed by atoms with Crippen LogP contribution in [0.5, 0.6) is 0 Å². The summed E-state index contributed by atoms with van der Waals surface area (Å²) in [6.45, 7) is 0.399. The molecule has 3 nitrogen and oxygen atoms in total. The maximum absolute atomic E-state index is 11.7. The smallest absolute Gasteiger partial charge is 0.220 e. The minimum Gasteiger partial charge on any atom is -0.388 e. The predicted molar refractivity (Wildman–Crippen MR) is 87.8 cm³/mol. The van der Waals surface area contributed by atoms with E-state index >= 15 is 0 Å². The number of aliphatic hydroxyl groups is 1. The third kappa shape index (κ3) is 5.89. The zero-order valence-electron chi connectivity index (χ0n) is 12.1. The van der Waals surface area contributed by atoms with E-state index in [2.05, 4.69) is 5.32 Å². The Hall–Kier alpha value is -0.710. The fourth-order valence-corrected chi connectivity index (χ4v) is 3.49. The van der Waals surface area contributed by atoms with E-state index < -0.39 is 5.60 Å². The number of thioether (sulfide) groups is 1. The van der Waals surface area contributed by atoms with Crippen molar-refractivity contribution in [3.05, 3.63) is 29.3 Å². The molecule has 0 unspecified atom stereocenters. The highest BCUT2D eigenvalue weighted by molar-refractivity contribution is 7.99. The van der Waals surface area contributed by atoms with E-state index in [1.165, 1.54) is 4.90 Å². The van der Waals surface area contributed by atoms with Crippen LogP contribution < -0.4 is 5.32 Å². The maximum Gasteiger partial charge on any atom is 0.220 e. The van der Waals surface area contributed by atoms with E-state index in [4.69, 9.17) is 11.6 Å². The van der Waals surface area contributed by atoms with Crippen LogP contribution in [0.1, 0.15) is 38.5 Å². The normalized spacial score (nSPS) is 16.9. The third-order valence-electron chi connectivity index (χ3n) is 3.78. The lowest BCUT2D eigenvalue weighted by Gasteiger charge is -2.22. The van der Waals surface area contributed by atoms with Crippen LogP contribution in [0, 0.1) is 0 Å². The van der Waals surface area contributed by atoms with Crippen LogP contribution in [0.2, 0.25) is 5.02 Å². The van der Waals surface area contributed by atoms with Gasteiger partial charge in [-0.25, -0.2) is 0 Å². The Labute approximate surface area is 135 Å². The Morgan fingerprint density at radius 1 is 1.29 bits per heavy atom. The number of hydrogen-bond acceptors (Lipinski definition) is 3. The number of halogens is 1. The molecule has 1 amide bonds. The van der Waals surface area contributed by atoms with E-state index in [0.717, 1.165) is 42.9 Å². The van der Waals surface area contributed by atoms with Crippen molar-refractivity contribution >= 4 is 29.3 Å². The molecule has 0 aromatic heterocycles. The Bertz CT molecular complexity index is 458. The number of amides is 1. The molecule has 1 aromatic carbocycles. The highest BCUT2D eigenvalue weighted by Crippen LogP contribution is 2.28. The number of rotatable bonds is 7. The number of carbonyl (C=O) groups is 1. The summed E-state index contributed by atoms with van der Waals surface area (Å²) in [5.74, 6) is 0.936. The van der Waals surface area contributed by atoms with Gasteiger partial charge in [-0.2, -0.15) is 0 Å². The first-order valence-electron chi connectivity index (χ1n) is 7.45. The van der Waals surface area contributed by atoms with Crippen molar-refractivity contribution in [1.29, 1.82) is 0 Å². The molecule has 1 saturated carbocycles. The number of carbonyl (C=O) groups excluding carboxylic acids is 1. The Morgan fingerprint density at radius 2 is 1.95 bits per heavy atom. The topological polar surface area (TPSA) is 49.3 Å². The predicted octanol–water partition coefficient (Wildman–Crippen LogP) is 3.63. The molecule has 1 aromatic rings. The molecule has 1 fully saturated rings. The van der Waals surface area contributed by atoms with Gasteiger partial charge in [0.15, 0.2) is 0 Å². The fraction of sp³-hybridized carbons (Fsp3) is 0.562. The van der Waals surface area contributed by atoms with E-state index in [1.54, 1.807) is 11.8 Å². The summed E-state index contributed by atoms with van der Waals surface area (Å²) >= 11 is 7.56. The summed E-state index contributed by atoms with van der Waals surface area (Å²) in [5, 5.41) is 13.7. The van der Waals surface area contributed by atoms with Gasteiger partial charge < -0.3 is 10.4 Å². The van der Waals surface area contributed by atoms with Crippen molar-refractivity contribution in [3.63, 3.8) is 0 Å². The van der Waals surface area contributed by atoms with Gasteiger partial charge in [0.25, 0.3) is 0 Å². The number of nitrogens with one attached hydrogen (secondary N) is 1. The second-order valence-electron chi connectivity index (χ2n) is 5.61. The quantitative estimate of drug-likeness (QED) is 0.594. The summed E-state index contributed by atoms with van der Waals surface area (Å²) in [6, 6.07) is 7.73. The summed E-state index contributed by atoms with van der Waals surface area (Å²) in [5.41, 5.74) is -0.659. The van der Waals surface area contributed by atoms with Crippen molar-refractivity contribution in [2.75, 3.05) is 12.3 Å². The molecule has 0 spiro atoms. The molecule has 0 aliphatic heterocycles. The SMILES string of the molecule is O=C(CCCSc1ccc(Cl)cc1)NCC1(O)CCCC1. The molecule has 21 heavy (non-hydrogen) atoms. The van der Waals surface area contributed by atoms with Crippen molar-refractivity contribution in [3.8, 4) is 0 Å². The number of hydrogen-bond donors (Lipinski definition) is 2. The van der Waals surface area contributed by atoms with E-state index in [0.29, 0.717) is 13.0 Å². The van der Waals surface area contributed by atoms with Crippen LogP contribution in [0.4, 0.5) is 0 Å². The molecule has 116 valence electrons. The molecular weight excluding hydrogens is 306 g/mol. The largest absolute Gasteiger partial charge is 0.388 e. The Kier molecular flexibility index (Phi) is 6.40. The van der Waals surface area contributed by atoms with Crippen LogP contribution in [0.25, 0.3) is 0 Å². The first-order chi connectivity index (χ1) is 10.1. The van der Waals surface area contributed by atoms with Crippen molar-refractivity contribution in [2.24, 2.45) is 0 Å². The van der Waals surface area contributed by atoms with Crippen LogP contribution in [-0.2, 0) is 4.79 Å². The first-order valence-corrected chi connectivity index (χ1v) is 8.81. The van der Waals surface area contributed by atoms with Crippen LogP contribution in [0.15, 0.2) is 29.2 Å². The summed E-state index contributed by atoms with van der Waals surface area (Å²) in [4.78, 5) is 12.9. The Morgan fingerprint density at radius 3 is 2.62 bits per heavy atom. The maximum atomic E-state index is 11.7. The summed E-state index contributed by atoms with van der Waals surface area (Å²) in [6.07, 6.45) is 5.07. The number of benzene rings is 1. The highest BCUT2D eigenvalue weighted by Gasteiger charge is 2.31. The van der Waals surface area contributed by atoms with Crippen LogP contribution in [0.3, 0.4) is 0 Å². The lowest BCUT2D eigenvalue weighted by atomic mass is 10.0. The molecule has 5 heteroatoms. The first kappa shape index (κ1) is 16.7. The second-order valence-corrected chi connectivity index (χ2v) is 7.22. The molecule has 0 radical (unpaired) electrons. The average molecular weight is 328 g/mol. The molecule has 2 rings (SSSR count). The van der Waals surface area contributed by atoms with E-state index in [1.807, 2.05) is 24.3 Å². The van der Waals surface area contributed by atoms with Gasteiger partial charge in [-0.15, -0.1) is 11.8 Å². The van der Waals surface area contributed by atoms with Gasteiger partial charge in [-0.1, -0.05) is 24.4 Å². The van der Waals surface area contributed by atoms with Crippen LogP contribution in [-0.4, -0.2) is 28.9 Å². The monoisotopic (exact) mass is 327 g/mol. The van der Waals surface area contributed by atoms with Crippen molar-refractivity contribution in [2.45, 2.75) is 49.0 Å². The molecule has 2 N–H and O–H groups in total. The van der Waals surface area contributed by atoms with E-state index in [-0.39, 0.29) is 5.91 Å².